The molecule has 0 bridgehead atoms. The van der Waals surface area contributed by atoms with Gasteiger partial charge in [0.2, 0.25) is 0 Å². The molecule has 116 valence electrons. The number of hydrogen-bond acceptors (Lipinski definition) is 2. The van der Waals surface area contributed by atoms with Crippen LogP contribution in [-0.2, 0) is 6.42 Å². The molecule has 6 heteroatoms. The highest BCUT2D eigenvalue weighted by Gasteiger charge is 2.10. The molecule has 2 aromatic rings. The minimum Gasteiger partial charge on any atom is -0.497 e. The third-order valence-corrected chi connectivity index (χ3v) is 3.35. The average Bonchev–Trinajstić information content (AvgIpc) is 2.51. The van der Waals surface area contributed by atoms with Gasteiger partial charge in [0.05, 0.1) is 17.8 Å². The molecule has 2 amide bonds. The summed E-state index contributed by atoms with van der Waals surface area (Å²) in [5, 5.41) is 5.22. The number of urea groups is 1. The topological polar surface area (TPSA) is 50.4 Å². The summed E-state index contributed by atoms with van der Waals surface area (Å²) in [4.78, 5) is 11.8. The summed E-state index contributed by atoms with van der Waals surface area (Å²) in [7, 11) is 1.60. The zero-order valence-corrected chi connectivity index (χ0v) is 12.8. The van der Waals surface area contributed by atoms with Crippen molar-refractivity contribution >= 4 is 23.3 Å². The number of carbonyl (C=O) groups excluding carboxylic acids is 1. The predicted octanol–water partition coefficient (Wildman–Crippen LogP) is 3.85. The fourth-order valence-electron chi connectivity index (χ4n) is 1.92. The molecule has 0 heterocycles. The summed E-state index contributed by atoms with van der Waals surface area (Å²) >= 11 is 5.84. The van der Waals surface area contributed by atoms with Crippen LogP contribution in [0.15, 0.2) is 42.5 Å². The second-order valence-electron chi connectivity index (χ2n) is 4.58. The van der Waals surface area contributed by atoms with Crippen LogP contribution in [-0.4, -0.2) is 19.7 Å². The molecule has 0 aromatic heterocycles. The Kier molecular flexibility index (Phi) is 5.61. The number of ether oxygens (including phenoxy) is 1. The van der Waals surface area contributed by atoms with Crippen LogP contribution in [0, 0.1) is 5.82 Å². The molecular weight excluding hydrogens is 307 g/mol. The number of amides is 2. The van der Waals surface area contributed by atoms with E-state index in [-0.39, 0.29) is 10.7 Å². The Bertz CT molecular complexity index is 644. The van der Waals surface area contributed by atoms with E-state index in [1.165, 1.54) is 18.2 Å². The van der Waals surface area contributed by atoms with Gasteiger partial charge in [-0.3, -0.25) is 0 Å². The van der Waals surface area contributed by atoms with E-state index in [0.29, 0.717) is 13.0 Å². The van der Waals surface area contributed by atoms with Crippen molar-refractivity contribution < 1.29 is 13.9 Å². The van der Waals surface area contributed by atoms with Gasteiger partial charge in [-0.05, 0) is 36.2 Å². The fourth-order valence-corrected chi connectivity index (χ4v) is 2.13. The first-order valence-electron chi connectivity index (χ1n) is 6.72. The lowest BCUT2D eigenvalue weighted by Crippen LogP contribution is -2.30. The monoisotopic (exact) mass is 322 g/mol. The van der Waals surface area contributed by atoms with E-state index >= 15 is 0 Å². The molecule has 0 atom stereocenters. The van der Waals surface area contributed by atoms with E-state index in [2.05, 4.69) is 10.6 Å². The molecule has 0 unspecified atom stereocenters. The standard InChI is InChI=1S/C16H16ClFN2O2/c1-22-12-5-2-4-11(10-12)8-9-19-16(21)20-15-13(17)6-3-7-14(15)18/h2-7,10H,8-9H2,1H3,(H2,19,20,21). The van der Waals surface area contributed by atoms with Gasteiger partial charge in [-0.2, -0.15) is 0 Å². The lowest BCUT2D eigenvalue weighted by atomic mass is 10.1. The number of carbonyl (C=O) groups is 1. The highest BCUT2D eigenvalue weighted by molar-refractivity contribution is 6.33. The number of hydrogen-bond donors (Lipinski definition) is 2. The maximum atomic E-state index is 13.5. The van der Waals surface area contributed by atoms with Crippen LogP contribution in [0.1, 0.15) is 5.56 Å². The zero-order valence-electron chi connectivity index (χ0n) is 12.0. The summed E-state index contributed by atoms with van der Waals surface area (Å²) in [6.07, 6.45) is 0.635. The first kappa shape index (κ1) is 16.1. The van der Waals surface area contributed by atoms with Crippen LogP contribution in [0.4, 0.5) is 14.9 Å². The van der Waals surface area contributed by atoms with Crippen LogP contribution in [0.3, 0.4) is 0 Å². The number of para-hydroxylation sites is 1. The molecule has 2 aromatic carbocycles. The van der Waals surface area contributed by atoms with E-state index in [1.54, 1.807) is 7.11 Å². The van der Waals surface area contributed by atoms with Gasteiger partial charge in [0, 0.05) is 6.54 Å². The van der Waals surface area contributed by atoms with Crippen molar-refractivity contribution in [3.63, 3.8) is 0 Å². The Labute approximate surface area is 133 Å². The Morgan fingerprint density at radius 3 is 2.77 bits per heavy atom. The first-order valence-corrected chi connectivity index (χ1v) is 7.09. The lowest BCUT2D eigenvalue weighted by Gasteiger charge is -2.10. The molecule has 4 nitrogen and oxygen atoms in total. The van der Waals surface area contributed by atoms with Crippen LogP contribution >= 0.6 is 11.6 Å². The molecule has 2 N–H and O–H groups in total. The molecular formula is C16H16ClFN2O2. The van der Waals surface area contributed by atoms with Gasteiger partial charge in [-0.1, -0.05) is 29.8 Å². The number of anilines is 1. The minimum atomic E-state index is -0.574. The van der Waals surface area contributed by atoms with E-state index < -0.39 is 11.8 Å². The highest BCUT2D eigenvalue weighted by Crippen LogP contribution is 2.24. The molecule has 0 aliphatic heterocycles. The van der Waals surface area contributed by atoms with E-state index in [1.807, 2.05) is 24.3 Å². The van der Waals surface area contributed by atoms with E-state index in [0.717, 1.165) is 11.3 Å². The molecule has 2 rings (SSSR count). The minimum absolute atomic E-state index is 0.0250. The van der Waals surface area contributed by atoms with Crippen molar-refractivity contribution in [1.29, 1.82) is 0 Å². The summed E-state index contributed by atoms with van der Waals surface area (Å²) in [6, 6.07) is 11.3. The lowest BCUT2D eigenvalue weighted by molar-refractivity contribution is 0.252. The van der Waals surface area contributed by atoms with Crippen molar-refractivity contribution in [2.45, 2.75) is 6.42 Å². The van der Waals surface area contributed by atoms with Crippen LogP contribution in [0.25, 0.3) is 0 Å². The highest BCUT2D eigenvalue weighted by atomic mass is 35.5. The fraction of sp³-hybridized carbons (Fsp3) is 0.188. The van der Waals surface area contributed by atoms with Crippen LogP contribution in [0.2, 0.25) is 5.02 Å². The van der Waals surface area contributed by atoms with Crippen molar-refractivity contribution in [2.75, 3.05) is 19.0 Å². The maximum absolute atomic E-state index is 13.5. The van der Waals surface area contributed by atoms with Gasteiger partial charge in [0.25, 0.3) is 0 Å². The molecule has 0 saturated heterocycles. The van der Waals surface area contributed by atoms with Gasteiger partial charge in [0.1, 0.15) is 11.6 Å². The Morgan fingerprint density at radius 1 is 1.27 bits per heavy atom. The molecule has 0 aliphatic carbocycles. The Hall–Kier alpha value is -2.27. The number of benzene rings is 2. The molecule has 0 fully saturated rings. The molecule has 22 heavy (non-hydrogen) atoms. The second-order valence-corrected chi connectivity index (χ2v) is 4.99. The summed E-state index contributed by atoms with van der Waals surface area (Å²) in [6.45, 7) is 0.408. The second kappa shape index (κ2) is 7.66. The van der Waals surface area contributed by atoms with Crippen LogP contribution in [0.5, 0.6) is 5.75 Å². The van der Waals surface area contributed by atoms with E-state index in [9.17, 15) is 9.18 Å². The van der Waals surface area contributed by atoms with Gasteiger partial charge >= 0.3 is 6.03 Å². The van der Waals surface area contributed by atoms with Crippen molar-refractivity contribution in [2.24, 2.45) is 0 Å². The van der Waals surface area contributed by atoms with Gasteiger partial charge in [-0.25, -0.2) is 9.18 Å². The van der Waals surface area contributed by atoms with Crippen LogP contribution < -0.4 is 15.4 Å². The van der Waals surface area contributed by atoms with Crippen molar-refractivity contribution in [3.8, 4) is 5.75 Å². The third-order valence-electron chi connectivity index (χ3n) is 3.03. The number of methoxy groups -OCH3 is 1. The van der Waals surface area contributed by atoms with Gasteiger partial charge in [-0.15, -0.1) is 0 Å². The largest absolute Gasteiger partial charge is 0.497 e. The third kappa shape index (κ3) is 4.36. The summed E-state index contributed by atoms with van der Waals surface area (Å²) in [5.41, 5.74) is 1.01. The molecule has 0 radical (unpaired) electrons. The molecule has 0 aliphatic rings. The first-order chi connectivity index (χ1) is 10.6. The molecule has 0 saturated carbocycles. The maximum Gasteiger partial charge on any atom is 0.319 e. The molecule has 0 spiro atoms. The van der Waals surface area contributed by atoms with Crippen molar-refractivity contribution in [1.82, 2.24) is 5.32 Å². The summed E-state index contributed by atoms with van der Waals surface area (Å²) in [5.74, 6) is 0.190. The number of halogens is 2. The van der Waals surface area contributed by atoms with E-state index in [4.69, 9.17) is 16.3 Å². The van der Waals surface area contributed by atoms with Crippen molar-refractivity contribution in [3.05, 3.63) is 58.9 Å². The zero-order chi connectivity index (χ0) is 15.9. The number of rotatable bonds is 5. The smallest absolute Gasteiger partial charge is 0.319 e. The summed E-state index contributed by atoms with van der Waals surface area (Å²) < 4.78 is 18.7. The predicted molar refractivity (Wildman–Crippen MR) is 85.1 cm³/mol. The normalized spacial score (nSPS) is 10.1. The quantitative estimate of drug-likeness (QED) is 0.878. The van der Waals surface area contributed by atoms with Gasteiger partial charge in [0.15, 0.2) is 0 Å². The SMILES string of the molecule is COc1cccc(CCNC(=O)Nc2c(F)cccc2Cl)c1. The average molecular weight is 323 g/mol. The Morgan fingerprint density at radius 2 is 2.05 bits per heavy atom. The van der Waals surface area contributed by atoms with Gasteiger partial charge < -0.3 is 15.4 Å². The Balaban J connectivity index is 1.85. The number of nitrogens with one attached hydrogen (secondary N) is 2.